The van der Waals surface area contributed by atoms with E-state index in [1.165, 1.54) is 4.31 Å². The predicted octanol–water partition coefficient (Wildman–Crippen LogP) is 4.04. The van der Waals surface area contributed by atoms with Crippen LogP contribution in [-0.2, 0) is 26.0 Å². The second kappa shape index (κ2) is 10.4. The van der Waals surface area contributed by atoms with Gasteiger partial charge in [-0.05, 0) is 66.3 Å². The van der Waals surface area contributed by atoms with Gasteiger partial charge in [0.05, 0.1) is 17.2 Å². The Bertz CT molecular complexity index is 1370. The summed E-state index contributed by atoms with van der Waals surface area (Å²) in [6.07, 6.45) is 3.76. The molecule has 0 aromatic heterocycles. The predicted molar refractivity (Wildman–Crippen MR) is 140 cm³/mol. The number of amides is 2. The van der Waals surface area contributed by atoms with E-state index in [9.17, 15) is 18.0 Å². The lowest BCUT2D eigenvalue weighted by Gasteiger charge is -2.31. The maximum absolute atomic E-state index is 13.3. The van der Waals surface area contributed by atoms with Crippen LogP contribution in [-0.4, -0.2) is 55.6 Å². The van der Waals surface area contributed by atoms with Crippen molar-refractivity contribution in [3.8, 4) is 0 Å². The summed E-state index contributed by atoms with van der Waals surface area (Å²) in [5, 5.41) is 4.78. The molecule has 7 nitrogen and oxygen atoms in total. The van der Waals surface area contributed by atoms with Gasteiger partial charge in [-0.1, -0.05) is 42.5 Å². The normalized spacial score (nSPS) is 18.9. The molecule has 1 atom stereocenters. The van der Waals surface area contributed by atoms with Crippen molar-refractivity contribution in [3.63, 3.8) is 0 Å². The summed E-state index contributed by atoms with van der Waals surface area (Å²) in [6, 6.07) is 20.1. The van der Waals surface area contributed by atoms with E-state index in [0.29, 0.717) is 31.5 Å². The van der Waals surface area contributed by atoms with E-state index in [1.54, 1.807) is 24.3 Å². The van der Waals surface area contributed by atoms with Gasteiger partial charge in [-0.25, -0.2) is 8.42 Å². The van der Waals surface area contributed by atoms with Crippen LogP contribution >= 0.6 is 0 Å². The quantitative estimate of drug-likeness (QED) is 0.548. The first-order valence-electron chi connectivity index (χ1n) is 12.6. The molecule has 2 saturated heterocycles. The first-order chi connectivity index (χ1) is 17.4. The average Bonchev–Trinajstić information content (AvgIpc) is 3.45. The first-order valence-corrected chi connectivity index (χ1v) is 14.0. The lowest BCUT2D eigenvalue weighted by atomic mass is 9.98. The summed E-state index contributed by atoms with van der Waals surface area (Å²) < 4.78 is 28.1. The van der Waals surface area contributed by atoms with Crippen LogP contribution in [0.1, 0.15) is 31.2 Å². The Labute approximate surface area is 212 Å². The smallest absolute Gasteiger partial charge is 0.243 e. The van der Waals surface area contributed by atoms with Gasteiger partial charge in [0.1, 0.15) is 0 Å². The molecule has 0 saturated carbocycles. The zero-order valence-electron chi connectivity index (χ0n) is 20.2. The van der Waals surface area contributed by atoms with Crippen LogP contribution in [0.3, 0.4) is 0 Å². The molecule has 3 aromatic carbocycles. The largest absolute Gasteiger partial charge is 0.342 e. The third-order valence-electron chi connectivity index (χ3n) is 7.15. The Balaban J connectivity index is 1.21. The highest BCUT2D eigenvalue weighted by molar-refractivity contribution is 7.89. The number of carbonyl (C=O) groups excluding carboxylic acids is 2. The highest BCUT2D eigenvalue weighted by Gasteiger charge is 2.33. The van der Waals surface area contributed by atoms with Crippen LogP contribution in [0.15, 0.2) is 71.6 Å². The monoisotopic (exact) mass is 505 g/mol. The van der Waals surface area contributed by atoms with Gasteiger partial charge in [-0.3, -0.25) is 9.59 Å². The summed E-state index contributed by atoms with van der Waals surface area (Å²) >= 11 is 0. The molecule has 1 N–H and O–H groups in total. The van der Waals surface area contributed by atoms with Crippen molar-refractivity contribution < 1.29 is 18.0 Å². The number of nitrogens with one attached hydrogen (secondary N) is 1. The van der Waals surface area contributed by atoms with Crippen molar-refractivity contribution in [2.75, 3.05) is 31.5 Å². The molecule has 36 heavy (non-hydrogen) atoms. The molecule has 1 unspecified atom stereocenters. The Hall–Kier alpha value is -3.23. The number of anilines is 1. The van der Waals surface area contributed by atoms with E-state index in [4.69, 9.17) is 0 Å². The molecule has 3 aromatic rings. The molecule has 5 rings (SSSR count). The zero-order chi connectivity index (χ0) is 25.1. The fraction of sp³-hybridized carbons (Fsp3) is 0.357. The molecule has 2 amide bonds. The van der Waals surface area contributed by atoms with Crippen molar-refractivity contribution in [3.05, 3.63) is 72.3 Å². The van der Waals surface area contributed by atoms with Crippen LogP contribution in [0.4, 0.5) is 5.69 Å². The Morgan fingerprint density at radius 2 is 1.58 bits per heavy atom. The number of benzene rings is 3. The minimum absolute atomic E-state index is 0.138. The van der Waals surface area contributed by atoms with Gasteiger partial charge in [0, 0.05) is 31.9 Å². The number of rotatable bonds is 6. The fourth-order valence-electron chi connectivity index (χ4n) is 5.05. The highest BCUT2D eigenvalue weighted by Crippen LogP contribution is 2.27. The van der Waals surface area contributed by atoms with Gasteiger partial charge in [0.15, 0.2) is 0 Å². The SMILES string of the molecule is O=C(Nc1ccc(CC(=O)N2CCCC2)cc1)C1CCCN(S(=O)(=O)c2ccc3ccccc3c2)C1. The van der Waals surface area contributed by atoms with Gasteiger partial charge in [-0.15, -0.1) is 0 Å². The van der Waals surface area contributed by atoms with Crippen molar-refractivity contribution in [1.29, 1.82) is 0 Å². The maximum Gasteiger partial charge on any atom is 0.243 e. The lowest BCUT2D eigenvalue weighted by molar-refractivity contribution is -0.129. The molecule has 0 spiro atoms. The molecular weight excluding hydrogens is 474 g/mol. The van der Waals surface area contributed by atoms with Gasteiger partial charge in [0.25, 0.3) is 0 Å². The third-order valence-corrected chi connectivity index (χ3v) is 9.01. The number of nitrogens with zero attached hydrogens (tertiary/aromatic N) is 2. The molecule has 0 aliphatic carbocycles. The molecule has 2 fully saturated rings. The van der Waals surface area contributed by atoms with Crippen LogP contribution < -0.4 is 5.32 Å². The number of hydrogen-bond donors (Lipinski definition) is 1. The summed E-state index contributed by atoms with van der Waals surface area (Å²) in [4.78, 5) is 27.5. The van der Waals surface area contributed by atoms with E-state index in [1.807, 2.05) is 47.4 Å². The second-order valence-corrected chi connectivity index (χ2v) is 11.6. The Morgan fingerprint density at radius 3 is 2.33 bits per heavy atom. The summed E-state index contributed by atoms with van der Waals surface area (Å²) in [5.74, 6) is -0.473. The van der Waals surface area contributed by atoms with E-state index >= 15 is 0 Å². The van der Waals surface area contributed by atoms with Crippen molar-refractivity contribution in [1.82, 2.24) is 9.21 Å². The number of piperidine rings is 1. The number of carbonyl (C=O) groups is 2. The van der Waals surface area contributed by atoms with Crippen LogP contribution in [0.5, 0.6) is 0 Å². The molecule has 0 radical (unpaired) electrons. The first kappa shape index (κ1) is 24.5. The fourth-order valence-corrected chi connectivity index (χ4v) is 6.61. The maximum atomic E-state index is 13.3. The van der Waals surface area contributed by atoms with Gasteiger partial charge in [-0.2, -0.15) is 4.31 Å². The minimum Gasteiger partial charge on any atom is -0.342 e. The topological polar surface area (TPSA) is 86.8 Å². The molecule has 8 heteroatoms. The van der Waals surface area contributed by atoms with Crippen LogP contribution in [0.2, 0.25) is 0 Å². The van der Waals surface area contributed by atoms with E-state index < -0.39 is 15.9 Å². The Kier molecular flexibility index (Phi) is 7.07. The molecule has 188 valence electrons. The standard InChI is InChI=1S/C28H31N3O4S/c32-27(30-15-3-4-16-30)18-21-9-12-25(13-10-21)29-28(33)24-8-5-17-31(20-24)36(34,35)26-14-11-22-6-1-2-7-23(22)19-26/h1-2,6-7,9-14,19,24H,3-5,8,15-18,20H2,(H,29,33). The van der Waals surface area contributed by atoms with Crippen LogP contribution in [0, 0.1) is 5.92 Å². The highest BCUT2D eigenvalue weighted by atomic mass is 32.2. The molecule has 2 aliphatic heterocycles. The summed E-state index contributed by atoms with van der Waals surface area (Å²) in [7, 11) is -3.70. The molecule has 2 heterocycles. The van der Waals surface area contributed by atoms with Gasteiger partial charge >= 0.3 is 0 Å². The third kappa shape index (κ3) is 5.29. The number of fused-ring (bicyclic) bond motifs is 1. The minimum atomic E-state index is -3.70. The Morgan fingerprint density at radius 1 is 0.861 bits per heavy atom. The van der Waals surface area contributed by atoms with Crippen molar-refractivity contribution >= 4 is 38.3 Å². The van der Waals surface area contributed by atoms with Gasteiger partial charge in [0.2, 0.25) is 21.8 Å². The zero-order valence-corrected chi connectivity index (χ0v) is 21.0. The number of sulfonamides is 1. The van der Waals surface area contributed by atoms with Crippen LogP contribution in [0.25, 0.3) is 10.8 Å². The second-order valence-electron chi connectivity index (χ2n) is 9.66. The van der Waals surface area contributed by atoms with Crippen molar-refractivity contribution in [2.24, 2.45) is 5.92 Å². The number of likely N-dealkylation sites (tertiary alicyclic amines) is 1. The molecular formula is C28H31N3O4S. The summed E-state index contributed by atoms with van der Waals surface area (Å²) in [6.45, 7) is 2.23. The summed E-state index contributed by atoms with van der Waals surface area (Å²) in [5.41, 5.74) is 1.56. The average molecular weight is 506 g/mol. The van der Waals surface area contributed by atoms with E-state index in [2.05, 4.69) is 5.32 Å². The molecule has 2 aliphatic rings. The van der Waals surface area contributed by atoms with E-state index in [0.717, 1.165) is 42.3 Å². The van der Waals surface area contributed by atoms with Crippen molar-refractivity contribution in [2.45, 2.75) is 37.0 Å². The lowest BCUT2D eigenvalue weighted by Crippen LogP contribution is -2.43. The van der Waals surface area contributed by atoms with E-state index in [-0.39, 0.29) is 23.3 Å². The number of hydrogen-bond acceptors (Lipinski definition) is 4. The molecule has 0 bridgehead atoms. The van der Waals surface area contributed by atoms with Gasteiger partial charge < -0.3 is 10.2 Å².